The second-order valence-corrected chi connectivity index (χ2v) is 7.30. The minimum Gasteiger partial charge on any atom is -0.490 e. The van der Waals surface area contributed by atoms with E-state index < -0.39 is 0 Å². The fourth-order valence-electron chi connectivity index (χ4n) is 3.10. The van der Waals surface area contributed by atoms with Gasteiger partial charge in [0, 0.05) is 17.8 Å². The molecule has 0 aliphatic heterocycles. The highest BCUT2D eigenvalue weighted by molar-refractivity contribution is 6.32. The third-order valence-corrected chi connectivity index (χ3v) is 4.84. The molecule has 5 heteroatoms. The molecule has 0 saturated heterocycles. The number of ether oxygens (including phenoxy) is 2. The van der Waals surface area contributed by atoms with Gasteiger partial charge in [0.25, 0.3) is 0 Å². The third-order valence-electron chi connectivity index (χ3n) is 4.56. The molecule has 152 valence electrons. The van der Waals surface area contributed by atoms with Crippen LogP contribution < -0.4 is 14.8 Å². The second-order valence-electron chi connectivity index (χ2n) is 6.89. The standard InChI is InChI=1S/C24H25ClFNO2/c1-4-28-23-13-18(14-27-22-10-9-16(2)11-17(22)3)12-20(25)24(23)29-15-19-7-5-6-8-21(19)26/h5-13,27H,4,14-15H2,1-3H3. The molecular weight excluding hydrogens is 389 g/mol. The van der Waals surface area contributed by atoms with Crippen molar-refractivity contribution in [2.24, 2.45) is 0 Å². The topological polar surface area (TPSA) is 30.5 Å². The van der Waals surface area contributed by atoms with Crippen molar-refractivity contribution in [3.8, 4) is 11.5 Å². The Balaban J connectivity index is 1.77. The average Bonchev–Trinajstić information content (AvgIpc) is 2.68. The summed E-state index contributed by atoms with van der Waals surface area (Å²) >= 11 is 6.48. The van der Waals surface area contributed by atoms with Gasteiger partial charge >= 0.3 is 0 Å². The predicted molar refractivity (Wildman–Crippen MR) is 117 cm³/mol. The van der Waals surface area contributed by atoms with Crippen molar-refractivity contribution in [1.82, 2.24) is 0 Å². The van der Waals surface area contributed by atoms with Crippen molar-refractivity contribution in [2.45, 2.75) is 33.9 Å². The minimum absolute atomic E-state index is 0.0760. The molecule has 3 nitrogen and oxygen atoms in total. The van der Waals surface area contributed by atoms with E-state index in [1.807, 2.05) is 19.1 Å². The van der Waals surface area contributed by atoms with E-state index in [2.05, 4.69) is 37.4 Å². The molecule has 0 radical (unpaired) electrons. The number of aryl methyl sites for hydroxylation is 2. The van der Waals surface area contributed by atoms with Crippen LogP contribution in [0.1, 0.15) is 29.2 Å². The first-order valence-electron chi connectivity index (χ1n) is 9.60. The number of benzene rings is 3. The Morgan fingerprint density at radius 3 is 2.52 bits per heavy atom. The van der Waals surface area contributed by atoms with Gasteiger partial charge in [-0.05, 0) is 56.2 Å². The molecule has 0 bridgehead atoms. The number of rotatable bonds is 8. The van der Waals surface area contributed by atoms with Crippen LogP contribution >= 0.6 is 11.6 Å². The van der Waals surface area contributed by atoms with E-state index in [0.29, 0.717) is 35.2 Å². The fourth-order valence-corrected chi connectivity index (χ4v) is 3.39. The molecule has 29 heavy (non-hydrogen) atoms. The van der Waals surface area contributed by atoms with Crippen molar-refractivity contribution >= 4 is 17.3 Å². The molecule has 0 aliphatic rings. The first-order chi connectivity index (χ1) is 14.0. The Morgan fingerprint density at radius 2 is 1.79 bits per heavy atom. The summed E-state index contributed by atoms with van der Waals surface area (Å²) in [5, 5.41) is 3.87. The molecule has 0 saturated carbocycles. The largest absolute Gasteiger partial charge is 0.490 e. The molecule has 0 atom stereocenters. The van der Waals surface area contributed by atoms with Crippen molar-refractivity contribution < 1.29 is 13.9 Å². The molecule has 0 aromatic heterocycles. The normalized spacial score (nSPS) is 10.7. The van der Waals surface area contributed by atoms with Crippen molar-refractivity contribution in [3.05, 3.63) is 87.7 Å². The van der Waals surface area contributed by atoms with Gasteiger partial charge in [0.1, 0.15) is 12.4 Å². The highest BCUT2D eigenvalue weighted by Gasteiger charge is 2.14. The van der Waals surface area contributed by atoms with E-state index in [1.54, 1.807) is 18.2 Å². The summed E-state index contributed by atoms with van der Waals surface area (Å²) in [7, 11) is 0. The fraction of sp³-hybridized carbons (Fsp3) is 0.250. The van der Waals surface area contributed by atoms with Gasteiger partial charge < -0.3 is 14.8 Å². The number of hydrogen-bond acceptors (Lipinski definition) is 3. The maximum Gasteiger partial charge on any atom is 0.180 e. The average molecular weight is 414 g/mol. The van der Waals surface area contributed by atoms with Crippen LogP contribution in [0.3, 0.4) is 0 Å². The Hall–Kier alpha value is -2.72. The Kier molecular flexibility index (Phi) is 6.99. The van der Waals surface area contributed by atoms with Crippen LogP contribution in [-0.2, 0) is 13.2 Å². The summed E-state index contributed by atoms with van der Waals surface area (Å²) in [5.41, 5.74) is 4.92. The Morgan fingerprint density at radius 1 is 1.00 bits per heavy atom. The van der Waals surface area contributed by atoms with E-state index in [1.165, 1.54) is 17.2 Å². The zero-order valence-electron chi connectivity index (χ0n) is 16.9. The van der Waals surface area contributed by atoms with Crippen LogP contribution in [-0.4, -0.2) is 6.61 Å². The summed E-state index contributed by atoms with van der Waals surface area (Å²) in [6.07, 6.45) is 0. The summed E-state index contributed by atoms with van der Waals surface area (Å²) < 4.78 is 25.4. The lowest BCUT2D eigenvalue weighted by Gasteiger charge is -2.16. The third kappa shape index (κ3) is 5.42. The summed E-state index contributed by atoms with van der Waals surface area (Å²) in [6, 6.07) is 16.6. The maximum atomic E-state index is 13.9. The quantitative estimate of drug-likeness (QED) is 0.446. The van der Waals surface area contributed by atoms with E-state index >= 15 is 0 Å². The van der Waals surface area contributed by atoms with Gasteiger partial charge in [0.2, 0.25) is 0 Å². The van der Waals surface area contributed by atoms with Crippen LogP contribution in [0.15, 0.2) is 54.6 Å². The molecule has 0 aliphatic carbocycles. The lowest BCUT2D eigenvalue weighted by Crippen LogP contribution is -2.05. The van der Waals surface area contributed by atoms with E-state index in [4.69, 9.17) is 21.1 Å². The molecule has 1 N–H and O–H groups in total. The van der Waals surface area contributed by atoms with Gasteiger partial charge in [-0.2, -0.15) is 0 Å². The zero-order chi connectivity index (χ0) is 20.8. The minimum atomic E-state index is -0.309. The van der Waals surface area contributed by atoms with Crippen LogP contribution in [0.25, 0.3) is 0 Å². The SMILES string of the molecule is CCOc1cc(CNc2ccc(C)cc2C)cc(Cl)c1OCc1ccccc1F. The van der Waals surface area contributed by atoms with Gasteiger partial charge in [-0.1, -0.05) is 47.5 Å². The van der Waals surface area contributed by atoms with Gasteiger partial charge in [0.05, 0.1) is 11.6 Å². The van der Waals surface area contributed by atoms with Crippen LogP contribution in [0.2, 0.25) is 5.02 Å². The summed E-state index contributed by atoms with van der Waals surface area (Å²) in [6.45, 7) is 7.19. The number of nitrogens with one attached hydrogen (secondary N) is 1. The number of hydrogen-bond donors (Lipinski definition) is 1. The van der Waals surface area contributed by atoms with Crippen molar-refractivity contribution in [3.63, 3.8) is 0 Å². The van der Waals surface area contributed by atoms with Gasteiger partial charge in [-0.15, -0.1) is 0 Å². The molecule has 0 unspecified atom stereocenters. The van der Waals surface area contributed by atoms with Crippen molar-refractivity contribution in [2.75, 3.05) is 11.9 Å². The zero-order valence-corrected chi connectivity index (χ0v) is 17.6. The van der Waals surface area contributed by atoms with Crippen LogP contribution in [0.5, 0.6) is 11.5 Å². The summed E-state index contributed by atoms with van der Waals surface area (Å²) in [4.78, 5) is 0. The molecule has 3 rings (SSSR count). The van der Waals surface area contributed by atoms with E-state index in [-0.39, 0.29) is 12.4 Å². The Bertz CT molecular complexity index is 991. The molecular formula is C24H25ClFNO2. The Labute approximate surface area is 176 Å². The van der Waals surface area contributed by atoms with Crippen molar-refractivity contribution in [1.29, 1.82) is 0 Å². The number of halogens is 2. The lowest BCUT2D eigenvalue weighted by molar-refractivity contribution is 0.266. The highest BCUT2D eigenvalue weighted by Crippen LogP contribution is 2.37. The highest BCUT2D eigenvalue weighted by atomic mass is 35.5. The molecule has 0 spiro atoms. The molecule has 3 aromatic rings. The van der Waals surface area contributed by atoms with Gasteiger partial charge in [0.15, 0.2) is 11.5 Å². The molecule has 3 aromatic carbocycles. The molecule has 0 heterocycles. The lowest BCUT2D eigenvalue weighted by atomic mass is 10.1. The van der Waals surface area contributed by atoms with Gasteiger partial charge in [-0.3, -0.25) is 0 Å². The molecule has 0 amide bonds. The first kappa shape index (κ1) is 21.0. The summed E-state index contributed by atoms with van der Waals surface area (Å²) in [5.74, 6) is 0.664. The molecule has 0 fully saturated rings. The smallest absolute Gasteiger partial charge is 0.180 e. The van der Waals surface area contributed by atoms with Gasteiger partial charge in [-0.25, -0.2) is 4.39 Å². The van der Waals surface area contributed by atoms with E-state index in [0.717, 1.165) is 11.3 Å². The first-order valence-corrected chi connectivity index (χ1v) is 9.98. The van der Waals surface area contributed by atoms with Crippen LogP contribution in [0.4, 0.5) is 10.1 Å². The maximum absolute atomic E-state index is 13.9. The second kappa shape index (κ2) is 9.66. The monoisotopic (exact) mass is 413 g/mol. The van der Waals surface area contributed by atoms with Crippen LogP contribution in [0, 0.1) is 19.7 Å². The number of anilines is 1. The predicted octanol–water partition coefficient (Wildman–Crippen LogP) is 6.69. The van der Waals surface area contributed by atoms with E-state index in [9.17, 15) is 4.39 Å².